The van der Waals surface area contributed by atoms with Crippen LogP contribution in [0.15, 0.2) is 48.5 Å². The number of alkyl halides is 3. The van der Waals surface area contributed by atoms with Crippen molar-refractivity contribution in [3.8, 4) is 5.69 Å². The molecule has 0 fully saturated rings. The van der Waals surface area contributed by atoms with E-state index >= 15 is 0 Å². The van der Waals surface area contributed by atoms with Crippen LogP contribution in [0.3, 0.4) is 0 Å². The zero-order valence-electron chi connectivity index (χ0n) is 19.3. The third kappa shape index (κ3) is 6.14. The predicted molar refractivity (Wildman–Crippen MR) is 119 cm³/mol. The van der Waals surface area contributed by atoms with Gasteiger partial charge in [0.25, 0.3) is 0 Å². The molecule has 10 heteroatoms. The van der Waals surface area contributed by atoms with E-state index < -0.39 is 30.1 Å². The van der Waals surface area contributed by atoms with E-state index in [-0.39, 0.29) is 23.5 Å². The van der Waals surface area contributed by atoms with Crippen LogP contribution in [0.4, 0.5) is 13.2 Å². The summed E-state index contributed by atoms with van der Waals surface area (Å²) < 4.78 is 49.9. The maximum atomic E-state index is 12.8. The Hall–Kier alpha value is -3.95. The van der Waals surface area contributed by atoms with Gasteiger partial charge in [-0.3, -0.25) is 9.59 Å². The van der Waals surface area contributed by atoms with Crippen LogP contribution in [0.2, 0.25) is 0 Å². The molecule has 7 nitrogen and oxygen atoms in total. The molecule has 0 aliphatic rings. The van der Waals surface area contributed by atoms with Crippen LogP contribution in [0.1, 0.15) is 49.7 Å². The third-order valence-corrected chi connectivity index (χ3v) is 5.44. The predicted octanol–water partition coefficient (Wildman–Crippen LogP) is 4.65. The molecule has 0 unspecified atom stereocenters. The fourth-order valence-electron chi connectivity index (χ4n) is 3.52. The zero-order chi connectivity index (χ0) is 25.8. The maximum absolute atomic E-state index is 12.8. The van der Waals surface area contributed by atoms with Gasteiger partial charge in [0.05, 0.1) is 29.6 Å². The van der Waals surface area contributed by atoms with E-state index in [0.29, 0.717) is 12.1 Å². The van der Waals surface area contributed by atoms with Crippen LogP contribution < -0.4 is 0 Å². The number of hydrogen-bond acceptors (Lipinski definition) is 6. The SMILES string of the molecule is COC(=O)CCc1c(C)nn(-c2ccc(C(=O)OCC(=O)c3cccc(C(F)(F)F)c3)cc2)c1C. The molecular formula is C25H23F3N2O5. The van der Waals surface area contributed by atoms with E-state index in [2.05, 4.69) is 9.84 Å². The van der Waals surface area contributed by atoms with Crippen molar-refractivity contribution in [1.29, 1.82) is 0 Å². The number of ether oxygens (including phenoxy) is 2. The lowest BCUT2D eigenvalue weighted by Gasteiger charge is -2.09. The number of carbonyl (C=O) groups excluding carboxylic acids is 3. The Kier molecular flexibility index (Phi) is 7.73. The molecule has 184 valence electrons. The number of esters is 2. The highest BCUT2D eigenvalue weighted by Crippen LogP contribution is 2.29. The van der Waals surface area contributed by atoms with Crippen LogP contribution in [-0.2, 0) is 26.9 Å². The number of Topliss-reactive ketones (excluding diaryl/α,β-unsaturated/α-hetero) is 1. The summed E-state index contributed by atoms with van der Waals surface area (Å²) >= 11 is 0. The second-order valence-corrected chi connectivity index (χ2v) is 7.76. The molecular weight excluding hydrogens is 465 g/mol. The lowest BCUT2D eigenvalue weighted by Crippen LogP contribution is -2.15. The Morgan fingerprint density at radius 1 is 1.00 bits per heavy atom. The molecule has 3 rings (SSSR count). The van der Waals surface area contributed by atoms with Crippen LogP contribution in [0.5, 0.6) is 0 Å². The Labute approximate surface area is 199 Å². The lowest BCUT2D eigenvalue weighted by molar-refractivity contribution is -0.140. The van der Waals surface area contributed by atoms with Crippen LogP contribution in [-0.4, -0.2) is 41.2 Å². The van der Waals surface area contributed by atoms with Gasteiger partial charge in [-0.15, -0.1) is 0 Å². The van der Waals surface area contributed by atoms with Gasteiger partial charge < -0.3 is 9.47 Å². The first-order valence-electron chi connectivity index (χ1n) is 10.6. The summed E-state index contributed by atoms with van der Waals surface area (Å²) in [5, 5.41) is 4.50. The van der Waals surface area contributed by atoms with Gasteiger partial charge in [0.2, 0.25) is 0 Å². The topological polar surface area (TPSA) is 87.5 Å². The molecule has 1 heterocycles. The standard InChI is InChI=1S/C25H23F3N2O5/c1-15-21(11-12-23(32)34-3)16(2)30(29-15)20-9-7-17(8-10-20)24(33)35-14-22(31)18-5-4-6-19(13-18)25(26,27)28/h4-10,13H,11-12,14H2,1-3H3. The highest BCUT2D eigenvalue weighted by Gasteiger charge is 2.31. The van der Waals surface area contributed by atoms with E-state index in [9.17, 15) is 27.6 Å². The van der Waals surface area contributed by atoms with Gasteiger partial charge >= 0.3 is 18.1 Å². The molecule has 0 saturated carbocycles. The number of aryl methyl sites for hydroxylation is 1. The van der Waals surface area contributed by atoms with Gasteiger partial charge in [-0.05, 0) is 62.2 Å². The number of nitrogens with zero attached hydrogens (tertiary/aromatic N) is 2. The minimum atomic E-state index is -4.58. The molecule has 0 saturated heterocycles. The number of benzene rings is 2. The van der Waals surface area contributed by atoms with E-state index in [0.717, 1.165) is 35.2 Å². The van der Waals surface area contributed by atoms with Gasteiger partial charge in [0.15, 0.2) is 12.4 Å². The first-order valence-corrected chi connectivity index (χ1v) is 10.6. The van der Waals surface area contributed by atoms with E-state index in [1.807, 2.05) is 13.8 Å². The van der Waals surface area contributed by atoms with Crippen molar-refractivity contribution in [2.45, 2.75) is 32.9 Å². The van der Waals surface area contributed by atoms with Gasteiger partial charge in [-0.2, -0.15) is 18.3 Å². The lowest BCUT2D eigenvalue weighted by atomic mass is 10.1. The average molecular weight is 488 g/mol. The second-order valence-electron chi connectivity index (χ2n) is 7.76. The molecule has 0 N–H and O–H groups in total. The molecule has 2 aromatic carbocycles. The monoisotopic (exact) mass is 488 g/mol. The Bertz CT molecular complexity index is 1250. The number of aromatic nitrogens is 2. The zero-order valence-corrected chi connectivity index (χ0v) is 19.3. The second kappa shape index (κ2) is 10.5. The molecule has 0 spiro atoms. The molecule has 0 bridgehead atoms. The summed E-state index contributed by atoms with van der Waals surface area (Å²) in [7, 11) is 1.33. The summed E-state index contributed by atoms with van der Waals surface area (Å²) in [5.41, 5.74) is 2.21. The highest BCUT2D eigenvalue weighted by atomic mass is 19.4. The van der Waals surface area contributed by atoms with Crippen molar-refractivity contribution in [3.05, 3.63) is 82.2 Å². The number of ketones is 1. The van der Waals surface area contributed by atoms with E-state index in [4.69, 9.17) is 4.74 Å². The Morgan fingerprint density at radius 2 is 1.69 bits per heavy atom. The van der Waals surface area contributed by atoms with Crippen molar-refractivity contribution in [3.63, 3.8) is 0 Å². The molecule has 0 atom stereocenters. The minimum absolute atomic E-state index is 0.165. The first-order chi connectivity index (χ1) is 16.5. The average Bonchev–Trinajstić information content (AvgIpc) is 3.13. The molecule has 0 amide bonds. The fraction of sp³-hybridized carbons (Fsp3) is 0.280. The smallest absolute Gasteiger partial charge is 0.416 e. The number of carbonyl (C=O) groups is 3. The fourth-order valence-corrected chi connectivity index (χ4v) is 3.52. The maximum Gasteiger partial charge on any atom is 0.416 e. The third-order valence-electron chi connectivity index (χ3n) is 5.44. The van der Waals surface area contributed by atoms with Gasteiger partial charge in [-0.1, -0.05) is 12.1 Å². The van der Waals surface area contributed by atoms with Crippen LogP contribution in [0, 0.1) is 13.8 Å². The Morgan fingerprint density at radius 3 is 2.31 bits per heavy atom. The molecule has 0 radical (unpaired) electrons. The summed E-state index contributed by atoms with van der Waals surface area (Å²) in [4.78, 5) is 36.0. The van der Waals surface area contributed by atoms with Crippen LogP contribution >= 0.6 is 0 Å². The quantitative estimate of drug-likeness (QED) is 0.339. The summed E-state index contributed by atoms with van der Waals surface area (Å²) in [5.74, 6) is -1.85. The van der Waals surface area contributed by atoms with E-state index in [1.54, 1.807) is 16.8 Å². The number of rotatable bonds is 8. The number of halogens is 3. The largest absolute Gasteiger partial charge is 0.469 e. The number of hydrogen-bond donors (Lipinski definition) is 0. The van der Waals surface area contributed by atoms with Crippen molar-refractivity contribution in [1.82, 2.24) is 9.78 Å². The molecule has 1 aromatic heterocycles. The van der Waals surface area contributed by atoms with Crippen molar-refractivity contribution in [2.24, 2.45) is 0 Å². The molecule has 0 aliphatic heterocycles. The van der Waals surface area contributed by atoms with Gasteiger partial charge in [0.1, 0.15) is 0 Å². The highest BCUT2D eigenvalue weighted by molar-refractivity contribution is 5.99. The normalized spacial score (nSPS) is 11.3. The van der Waals surface area contributed by atoms with E-state index in [1.165, 1.54) is 25.3 Å². The Balaban J connectivity index is 1.66. The minimum Gasteiger partial charge on any atom is -0.469 e. The molecule has 35 heavy (non-hydrogen) atoms. The summed E-state index contributed by atoms with van der Waals surface area (Å²) in [6.45, 7) is 3.01. The first kappa shape index (κ1) is 25.7. The van der Waals surface area contributed by atoms with Crippen molar-refractivity contribution < 1.29 is 37.0 Å². The summed E-state index contributed by atoms with van der Waals surface area (Å²) in [6.07, 6.45) is -3.87. The molecule has 0 aliphatic carbocycles. The van der Waals surface area contributed by atoms with Crippen LogP contribution in [0.25, 0.3) is 5.69 Å². The van der Waals surface area contributed by atoms with Gasteiger partial charge in [0, 0.05) is 17.7 Å². The molecule has 3 aromatic rings. The van der Waals surface area contributed by atoms with Crippen molar-refractivity contribution in [2.75, 3.05) is 13.7 Å². The number of methoxy groups -OCH3 is 1. The summed E-state index contributed by atoms with van der Waals surface area (Å²) in [6, 6.07) is 10.2. The van der Waals surface area contributed by atoms with Gasteiger partial charge in [-0.25, -0.2) is 9.48 Å². The van der Waals surface area contributed by atoms with Crippen molar-refractivity contribution >= 4 is 17.7 Å².